The van der Waals surface area contributed by atoms with Crippen molar-refractivity contribution in [2.45, 2.75) is 10.6 Å². The number of nitrogens with one attached hydrogen (secondary N) is 3. The Morgan fingerprint density at radius 2 is 1.85 bits per heavy atom. The first-order valence-corrected chi connectivity index (χ1v) is 10.6. The van der Waals surface area contributed by atoms with Crippen molar-refractivity contribution in [2.24, 2.45) is 4.99 Å². The van der Waals surface area contributed by atoms with Crippen LogP contribution < -0.4 is 20.1 Å². The van der Waals surface area contributed by atoms with Crippen molar-refractivity contribution >= 4 is 27.3 Å². The summed E-state index contributed by atoms with van der Waals surface area (Å²) in [5.41, 5.74) is 0. The zero-order valence-electron chi connectivity index (χ0n) is 14.6. The van der Waals surface area contributed by atoms with E-state index in [9.17, 15) is 8.42 Å². The fourth-order valence-corrected chi connectivity index (χ4v) is 4.13. The molecule has 0 bridgehead atoms. The summed E-state index contributed by atoms with van der Waals surface area (Å²) in [6.07, 6.45) is 0.820. The fourth-order valence-electron chi connectivity index (χ4n) is 2.06. The summed E-state index contributed by atoms with van der Waals surface area (Å²) in [5, 5.41) is 7.97. The first-order valence-electron chi connectivity index (χ1n) is 8.27. The van der Waals surface area contributed by atoms with Gasteiger partial charge in [0.1, 0.15) is 9.96 Å². The van der Waals surface area contributed by atoms with Gasteiger partial charge in [0, 0.05) is 26.7 Å². The zero-order chi connectivity index (χ0) is 18.7. The Bertz CT molecular complexity index is 763. The average molecular weight is 397 g/mol. The summed E-state index contributed by atoms with van der Waals surface area (Å²) < 4.78 is 32.4. The number of hydrogen-bond donors (Lipinski definition) is 3. The highest BCUT2D eigenvalue weighted by Gasteiger charge is 2.13. The van der Waals surface area contributed by atoms with Gasteiger partial charge in [0.25, 0.3) is 0 Å². The molecule has 2 rings (SSSR count). The SMILES string of the molecule is CN=C(NCCCOc1ccccc1)NCCNS(=O)(=O)c1cccs1. The molecule has 7 nitrogen and oxygen atoms in total. The number of hydrogen-bond acceptors (Lipinski definition) is 5. The van der Waals surface area contributed by atoms with E-state index in [2.05, 4.69) is 20.3 Å². The van der Waals surface area contributed by atoms with Gasteiger partial charge in [-0.15, -0.1) is 11.3 Å². The molecule has 9 heteroatoms. The molecule has 3 N–H and O–H groups in total. The molecule has 142 valence electrons. The van der Waals surface area contributed by atoms with Gasteiger partial charge in [-0.1, -0.05) is 24.3 Å². The van der Waals surface area contributed by atoms with Gasteiger partial charge in [-0.05, 0) is 30.0 Å². The van der Waals surface area contributed by atoms with E-state index >= 15 is 0 Å². The molecule has 26 heavy (non-hydrogen) atoms. The van der Waals surface area contributed by atoms with E-state index in [1.54, 1.807) is 24.6 Å². The van der Waals surface area contributed by atoms with Crippen molar-refractivity contribution < 1.29 is 13.2 Å². The second-order valence-electron chi connectivity index (χ2n) is 5.27. The van der Waals surface area contributed by atoms with Crippen LogP contribution in [0.4, 0.5) is 0 Å². The molecule has 2 aromatic rings. The number of nitrogens with zero attached hydrogens (tertiary/aromatic N) is 1. The van der Waals surface area contributed by atoms with Crippen LogP contribution in [0, 0.1) is 0 Å². The largest absolute Gasteiger partial charge is 0.494 e. The van der Waals surface area contributed by atoms with Crippen molar-refractivity contribution in [1.82, 2.24) is 15.4 Å². The minimum absolute atomic E-state index is 0.276. The number of rotatable bonds is 10. The van der Waals surface area contributed by atoms with Crippen LogP contribution in [0.5, 0.6) is 5.75 Å². The maximum Gasteiger partial charge on any atom is 0.250 e. The van der Waals surface area contributed by atoms with Crippen molar-refractivity contribution in [3.05, 3.63) is 47.8 Å². The lowest BCUT2D eigenvalue weighted by atomic mass is 10.3. The molecule has 0 unspecified atom stereocenters. The Kier molecular flexibility index (Phi) is 8.39. The van der Waals surface area contributed by atoms with Crippen LogP contribution in [0.1, 0.15) is 6.42 Å². The van der Waals surface area contributed by atoms with E-state index in [4.69, 9.17) is 4.74 Å². The Morgan fingerprint density at radius 3 is 2.54 bits per heavy atom. The predicted molar refractivity (Wildman–Crippen MR) is 105 cm³/mol. The molecule has 0 fully saturated rings. The number of sulfonamides is 1. The highest BCUT2D eigenvalue weighted by atomic mass is 32.2. The lowest BCUT2D eigenvalue weighted by molar-refractivity contribution is 0.311. The first kappa shape index (κ1) is 20.2. The third-order valence-electron chi connectivity index (χ3n) is 3.32. The van der Waals surface area contributed by atoms with Gasteiger partial charge in [0.2, 0.25) is 10.0 Å². The molecule has 0 amide bonds. The maximum absolute atomic E-state index is 12.0. The number of aliphatic imine (C=N–C) groups is 1. The Morgan fingerprint density at radius 1 is 1.08 bits per heavy atom. The quantitative estimate of drug-likeness (QED) is 0.323. The molecule has 0 radical (unpaired) electrons. The topological polar surface area (TPSA) is 91.8 Å². The molecular weight excluding hydrogens is 372 g/mol. The molecule has 1 aromatic carbocycles. The van der Waals surface area contributed by atoms with Gasteiger partial charge in [-0.2, -0.15) is 0 Å². The Balaban J connectivity index is 1.58. The first-order chi connectivity index (χ1) is 12.6. The van der Waals surface area contributed by atoms with Crippen LogP contribution in [0.25, 0.3) is 0 Å². The maximum atomic E-state index is 12.0. The smallest absolute Gasteiger partial charge is 0.250 e. The van der Waals surface area contributed by atoms with Gasteiger partial charge >= 0.3 is 0 Å². The molecule has 0 spiro atoms. The molecule has 1 heterocycles. The average Bonchev–Trinajstić information content (AvgIpc) is 3.20. The predicted octanol–water partition coefficient (Wildman–Crippen LogP) is 1.66. The number of benzene rings is 1. The number of guanidine groups is 1. The van der Waals surface area contributed by atoms with E-state index in [0.717, 1.165) is 12.2 Å². The molecular formula is C17H24N4O3S2. The molecule has 0 atom stereocenters. The van der Waals surface area contributed by atoms with Crippen molar-refractivity contribution in [3.63, 3.8) is 0 Å². The lowest BCUT2D eigenvalue weighted by Crippen LogP contribution is -2.41. The third-order valence-corrected chi connectivity index (χ3v) is 6.18. The molecule has 0 aliphatic carbocycles. The Labute approximate surface area is 158 Å². The highest BCUT2D eigenvalue weighted by Crippen LogP contribution is 2.14. The normalized spacial score (nSPS) is 12.0. The van der Waals surface area contributed by atoms with Crippen LogP contribution in [-0.4, -0.2) is 47.7 Å². The molecule has 0 saturated carbocycles. The van der Waals surface area contributed by atoms with E-state index in [-0.39, 0.29) is 6.54 Å². The van der Waals surface area contributed by atoms with Crippen LogP contribution in [-0.2, 0) is 10.0 Å². The second-order valence-corrected chi connectivity index (χ2v) is 8.21. The minimum Gasteiger partial charge on any atom is -0.494 e. The second kappa shape index (κ2) is 10.8. The van der Waals surface area contributed by atoms with Gasteiger partial charge in [0.05, 0.1) is 6.61 Å². The van der Waals surface area contributed by atoms with Gasteiger partial charge in [-0.3, -0.25) is 4.99 Å². The minimum atomic E-state index is -3.42. The van der Waals surface area contributed by atoms with Crippen molar-refractivity contribution in [1.29, 1.82) is 0 Å². The van der Waals surface area contributed by atoms with Crippen molar-refractivity contribution in [2.75, 3.05) is 33.3 Å². The van der Waals surface area contributed by atoms with Crippen LogP contribution in [0.15, 0.2) is 57.0 Å². The van der Waals surface area contributed by atoms with Gasteiger partial charge < -0.3 is 15.4 Å². The molecule has 1 aromatic heterocycles. The van der Waals surface area contributed by atoms with E-state index < -0.39 is 10.0 Å². The summed E-state index contributed by atoms with van der Waals surface area (Å²) in [6.45, 7) is 2.02. The monoisotopic (exact) mass is 396 g/mol. The molecule has 0 saturated heterocycles. The number of thiophene rings is 1. The number of ether oxygens (including phenoxy) is 1. The zero-order valence-corrected chi connectivity index (χ0v) is 16.3. The van der Waals surface area contributed by atoms with E-state index in [0.29, 0.717) is 29.9 Å². The van der Waals surface area contributed by atoms with E-state index in [1.807, 2.05) is 30.3 Å². The summed E-state index contributed by atoms with van der Waals surface area (Å²) in [6, 6.07) is 13.0. The Hall–Kier alpha value is -2.10. The van der Waals surface area contributed by atoms with Crippen LogP contribution >= 0.6 is 11.3 Å². The fraction of sp³-hybridized carbons (Fsp3) is 0.353. The summed E-state index contributed by atoms with van der Waals surface area (Å²) in [7, 11) is -1.75. The molecule has 0 aliphatic heterocycles. The summed E-state index contributed by atoms with van der Waals surface area (Å²) in [4.78, 5) is 4.11. The van der Waals surface area contributed by atoms with E-state index in [1.165, 1.54) is 11.3 Å². The number of para-hydroxylation sites is 1. The highest BCUT2D eigenvalue weighted by molar-refractivity contribution is 7.91. The summed E-state index contributed by atoms with van der Waals surface area (Å²) in [5.74, 6) is 1.48. The van der Waals surface area contributed by atoms with Gasteiger partial charge in [-0.25, -0.2) is 13.1 Å². The third kappa shape index (κ3) is 7.03. The molecule has 0 aliphatic rings. The van der Waals surface area contributed by atoms with Crippen LogP contribution in [0.2, 0.25) is 0 Å². The summed E-state index contributed by atoms with van der Waals surface area (Å²) >= 11 is 1.19. The van der Waals surface area contributed by atoms with Crippen molar-refractivity contribution in [3.8, 4) is 5.75 Å². The standard InChI is InChI=1S/C17H24N4O3S2/c1-18-17(19-10-6-13-24-15-7-3-2-4-8-15)20-11-12-21-26(22,23)16-9-5-14-25-16/h2-5,7-9,14,21H,6,10-13H2,1H3,(H2,18,19,20). The van der Waals surface area contributed by atoms with Gasteiger partial charge in [0.15, 0.2) is 5.96 Å². The van der Waals surface area contributed by atoms with Crippen LogP contribution in [0.3, 0.4) is 0 Å². The lowest BCUT2D eigenvalue weighted by Gasteiger charge is -2.12.